The summed E-state index contributed by atoms with van der Waals surface area (Å²) in [5.74, 6) is 0.469. The number of methoxy groups -OCH3 is 1. The molecule has 5 heteroatoms. The summed E-state index contributed by atoms with van der Waals surface area (Å²) < 4.78 is 5.84. The molecule has 34 heavy (non-hydrogen) atoms. The summed E-state index contributed by atoms with van der Waals surface area (Å²) in [5.41, 5.74) is 16.1. The van der Waals surface area contributed by atoms with Gasteiger partial charge in [-0.25, -0.2) is 0 Å². The number of nitrogens with two attached hydrogens (primary N) is 1. The number of para-hydroxylation sites is 1. The van der Waals surface area contributed by atoms with E-state index in [2.05, 4.69) is 47.5 Å². The summed E-state index contributed by atoms with van der Waals surface area (Å²) in [6.07, 6.45) is 3.78. The van der Waals surface area contributed by atoms with Crippen LogP contribution in [0.4, 0.5) is 5.69 Å². The van der Waals surface area contributed by atoms with Crippen molar-refractivity contribution >= 4 is 11.6 Å². The number of rotatable bonds is 7. The van der Waals surface area contributed by atoms with Gasteiger partial charge in [0, 0.05) is 37.3 Å². The Morgan fingerprint density at radius 1 is 1.03 bits per heavy atom. The smallest absolute Gasteiger partial charge is 0.251 e. The molecule has 5 nitrogen and oxygen atoms in total. The van der Waals surface area contributed by atoms with Gasteiger partial charge in [0.15, 0.2) is 0 Å². The van der Waals surface area contributed by atoms with Gasteiger partial charge in [0.05, 0.1) is 18.4 Å². The maximum atomic E-state index is 13.2. The van der Waals surface area contributed by atoms with Crippen LogP contribution in [-0.4, -0.2) is 39.2 Å². The molecule has 5 rings (SSSR count). The molecule has 2 aliphatic rings. The lowest BCUT2D eigenvalue weighted by Gasteiger charge is -2.35. The maximum Gasteiger partial charge on any atom is 0.251 e. The van der Waals surface area contributed by atoms with Crippen LogP contribution in [0.5, 0.6) is 5.75 Å². The van der Waals surface area contributed by atoms with E-state index in [-0.39, 0.29) is 5.91 Å². The molecule has 1 fully saturated rings. The third-order valence-electron chi connectivity index (χ3n) is 7.18. The highest BCUT2D eigenvalue weighted by Crippen LogP contribution is 2.52. The lowest BCUT2D eigenvalue weighted by molar-refractivity contribution is 0.0999. The molecule has 1 amide bonds. The molecule has 3 N–H and O–H groups in total. The fourth-order valence-corrected chi connectivity index (χ4v) is 5.65. The number of carbonyl (C=O) groups is 1. The Morgan fingerprint density at radius 3 is 2.44 bits per heavy atom. The zero-order chi connectivity index (χ0) is 23.7. The number of benzene rings is 3. The number of ether oxygens (including phenoxy) is 1. The first-order valence-corrected chi connectivity index (χ1v) is 12.3. The molecule has 1 heterocycles. The number of nitrogens with one attached hydrogen (secondary N) is 1. The minimum atomic E-state index is -0.338. The molecule has 0 saturated carbocycles. The van der Waals surface area contributed by atoms with Crippen LogP contribution < -0.4 is 20.7 Å². The van der Waals surface area contributed by atoms with Crippen molar-refractivity contribution in [1.29, 1.82) is 0 Å². The predicted octanol–water partition coefficient (Wildman–Crippen LogP) is 4.78. The first-order valence-electron chi connectivity index (χ1n) is 12.3. The van der Waals surface area contributed by atoms with Crippen LogP contribution in [0.2, 0.25) is 0 Å². The van der Waals surface area contributed by atoms with Crippen molar-refractivity contribution in [2.24, 2.45) is 5.73 Å². The largest absolute Gasteiger partial charge is 0.496 e. The average molecular weight is 456 g/mol. The van der Waals surface area contributed by atoms with Gasteiger partial charge in [-0.05, 0) is 53.1 Å². The Bertz CT molecular complexity index is 1230. The molecule has 1 aliphatic heterocycles. The summed E-state index contributed by atoms with van der Waals surface area (Å²) >= 11 is 0. The molecular weight excluding hydrogens is 422 g/mol. The van der Waals surface area contributed by atoms with Gasteiger partial charge < -0.3 is 20.7 Å². The van der Waals surface area contributed by atoms with Crippen molar-refractivity contribution in [2.75, 3.05) is 38.2 Å². The second-order valence-corrected chi connectivity index (χ2v) is 9.17. The second-order valence-electron chi connectivity index (χ2n) is 9.17. The van der Waals surface area contributed by atoms with E-state index in [0.29, 0.717) is 5.56 Å². The Hall–Kier alpha value is -3.31. The predicted molar refractivity (Wildman–Crippen MR) is 139 cm³/mol. The molecule has 1 aliphatic carbocycles. The van der Waals surface area contributed by atoms with Gasteiger partial charge in [0.2, 0.25) is 0 Å². The topological polar surface area (TPSA) is 67.6 Å². The van der Waals surface area contributed by atoms with Crippen molar-refractivity contribution in [3.05, 3.63) is 70.8 Å². The molecule has 0 radical (unpaired) electrons. The number of carbonyl (C=O) groups excluding carboxylic acids is 1. The van der Waals surface area contributed by atoms with Crippen molar-refractivity contribution in [3.63, 3.8) is 0 Å². The van der Waals surface area contributed by atoms with Crippen LogP contribution in [0.3, 0.4) is 0 Å². The summed E-state index contributed by atoms with van der Waals surface area (Å²) in [7, 11) is 1.71. The third kappa shape index (κ3) is 3.74. The molecule has 3 aromatic rings. The fourth-order valence-electron chi connectivity index (χ4n) is 5.65. The van der Waals surface area contributed by atoms with Crippen LogP contribution in [0.25, 0.3) is 22.3 Å². The standard InChI is InChI=1S/C29H33N3O2/c1-3-4-10-21-23-18-19-9-5-6-11-20(19)25(23)26(22-12-7-8-13-24(22)34-2)28(27(21)29(30)33)32-16-14-31-15-17-32/h5-9,11-13,31H,3-4,10,14-18H2,1-2H3,(H2,30,33). The Labute approximate surface area is 201 Å². The van der Waals surface area contributed by atoms with Gasteiger partial charge in [0.1, 0.15) is 5.75 Å². The van der Waals surface area contributed by atoms with Crippen LogP contribution in [0.1, 0.15) is 46.8 Å². The van der Waals surface area contributed by atoms with Crippen molar-refractivity contribution < 1.29 is 9.53 Å². The summed E-state index contributed by atoms with van der Waals surface area (Å²) in [6, 6.07) is 16.8. The molecule has 0 bridgehead atoms. The first kappa shape index (κ1) is 22.5. The second kappa shape index (κ2) is 9.51. The SMILES string of the molecule is CCCCc1c2c(c(-c3ccccc3OC)c(N3CCNCC3)c1C(N)=O)-c1ccccc1C2. The molecule has 0 unspecified atom stereocenters. The van der Waals surface area contributed by atoms with Gasteiger partial charge in [0.25, 0.3) is 5.91 Å². The minimum Gasteiger partial charge on any atom is -0.496 e. The van der Waals surface area contributed by atoms with Gasteiger partial charge in [-0.15, -0.1) is 0 Å². The quantitative estimate of drug-likeness (QED) is 0.421. The van der Waals surface area contributed by atoms with Crippen molar-refractivity contribution in [3.8, 4) is 28.0 Å². The van der Waals surface area contributed by atoms with E-state index in [4.69, 9.17) is 10.5 Å². The third-order valence-corrected chi connectivity index (χ3v) is 7.18. The number of unbranched alkanes of at least 4 members (excludes halogenated alkanes) is 1. The lowest BCUT2D eigenvalue weighted by atomic mass is 9.83. The van der Waals surface area contributed by atoms with Gasteiger partial charge >= 0.3 is 0 Å². The molecule has 0 spiro atoms. The van der Waals surface area contributed by atoms with Gasteiger partial charge in [-0.2, -0.15) is 0 Å². The lowest BCUT2D eigenvalue weighted by Crippen LogP contribution is -2.44. The van der Waals surface area contributed by atoms with Crippen LogP contribution in [0.15, 0.2) is 48.5 Å². The van der Waals surface area contributed by atoms with E-state index in [9.17, 15) is 4.79 Å². The normalized spacial score (nSPS) is 14.6. The van der Waals surface area contributed by atoms with E-state index >= 15 is 0 Å². The Balaban J connectivity index is 1.93. The molecule has 1 saturated heterocycles. The Kier molecular flexibility index (Phi) is 6.29. The Morgan fingerprint density at radius 2 is 1.74 bits per heavy atom. The fraction of sp³-hybridized carbons (Fsp3) is 0.345. The number of primary amides is 1. The van der Waals surface area contributed by atoms with E-state index in [0.717, 1.165) is 80.0 Å². The van der Waals surface area contributed by atoms with Crippen molar-refractivity contribution in [1.82, 2.24) is 5.32 Å². The van der Waals surface area contributed by atoms with E-state index in [1.165, 1.54) is 22.3 Å². The molecule has 176 valence electrons. The number of piperazine rings is 1. The van der Waals surface area contributed by atoms with Crippen LogP contribution in [-0.2, 0) is 12.8 Å². The van der Waals surface area contributed by atoms with Gasteiger partial charge in [-0.1, -0.05) is 55.8 Å². The first-order chi connectivity index (χ1) is 16.7. The van der Waals surface area contributed by atoms with E-state index in [1.54, 1.807) is 7.11 Å². The highest BCUT2D eigenvalue weighted by Gasteiger charge is 2.34. The zero-order valence-corrected chi connectivity index (χ0v) is 20.1. The molecular formula is C29H33N3O2. The molecule has 0 aromatic heterocycles. The number of amides is 1. The van der Waals surface area contributed by atoms with E-state index in [1.807, 2.05) is 18.2 Å². The maximum absolute atomic E-state index is 13.2. The summed E-state index contributed by atoms with van der Waals surface area (Å²) in [4.78, 5) is 15.6. The number of nitrogens with zero attached hydrogens (tertiary/aromatic N) is 1. The van der Waals surface area contributed by atoms with Crippen LogP contribution in [0, 0.1) is 0 Å². The highest BCUT2D eigenvalue weighted by molar-refractivity contribution is 6.10. The zero-order valence-electron chi connectivity index (χ0n) is 20.1. The van der Waals surface area contributed by atoms with Crippen LogP contribution >= 0.6 is 0 Å². The number of hydrogen-bond acceptors (Lipinski definition) is 4. The summed E-state index contributed by atoms with van der Waals surface area (Å²) in [6.45, 7) is 5.61. The number of anilines is 1. The van der Waals surface area contributed by atoms with Crippen molar-refractivity contribution in [2.45, 2.75) is 32.6 Å². The molecule has 0 atom stereocenters. The minimum absolute atomic E-state index is 0.338. The van der Waals surface area contributed by atoms with E-state index < -0.39 is 0 Å². The average Bonchev–Trinajstić information content (AvgIpc) is 3.26. The molecule has 3 aromatic carbocycles. The highest BCUT2D eigenvalue weighted by atomic mass is 16.5. The summed E-state index contributed by atoms with van der Waals surface area (Å²) in [5, 5.41) is 3.45. The number of fused-ring (bicyclic) bond motifs is 3. The van der Waals surface area contributed by atoms with Gasteiger partial charge in [-0.3, -0.25) is 4.79 Å². The monoisotopic (exact) mass is 455 g/mol. The number of hydrogen-bond donors (Lipinski definition) is 2.